The van der Waals surface area contributed by atoms with Gasteiger partial charge in [-0.1, -0.05) is 0 Å². The normalized spacial score (nSPS) is 10.3. The Morgan fingerprint density at radius 3 is 2.73 bits per heavy atom. The summed E-state index contributed by atoms with van der Waals surface area (Å²) >= 11 is 0. The summed E-state index contributed by atoms with van der Waals surface area (Å²) in [4.78, 5) is 8.42. The van der Waals surface area contributed by atoms with Crippen molar-refractivity contribution in [3.63, 3.8) is 0 Å². The van der Waals surface area contributed by atoms with Crippen molar-refractivity contribution in [1.82, 2.24) is 19.7 Å². The van der Waals surface area contributed by atoms with Crippen molar-refractivity contribution in [1.29, 1.82) is 0 Å². The molecule has 0 saturated heterocycles. The molecule has 0 fully saturated rings. The van der Waals surface area contributed by atoms with E-state index in [0.29, 0.717) is 0 Å². The van der Waals surface area contributed by atoms with Gasteiger partial charge in [0.15, 0.2) is 0 Å². The minimum Gasteiger partial charge on any atom is -0.373 e. The van der Waals surface area contributed by atoms with Crippen molar-refractivity contribution < 1.29 is 0 Å². The Labute approximate surface area is 88.2 Å². The molecule has 5 nitrogen and oxygen atoms in total. The van der Waals surface area contributed by atoms with E-state index in [4.69, 9.17) is 0 Å². The van der Waals surface area contributed by atoms with Gasteiger partial charge in [-0.25, -0.2) is 9.97 Å². The van der Waals surface area contributed by atoms with E-state index in [2.05, 4.69) is 20.4 Å². The first kappa shape index (κ1) is 9.64. The number of hydrogen-bond donors (Lipinski definition) is 1. The highest BCUT2D eigenvalue weighted by Crippen LogP contribution is 2.23. The SMILES string of the molecule is CNc1ncnc(-c2ccnn2C)c1C. The third kappa shape index (κ3) is 1.56. The van der Waals surface area contributed by atoms with Crippen molar-refractivity contribution >= 4 is 5.82 Å². The first-order valence-electron chi connectivity index (χ1n) is 4.71. The molecule has 1 N–H and O–H groups in total. The molecule has 2 aromatic heterocycles. The Morgan fingerprint density at radius 1 is 1.33 bits per heavy atom. The van der Waals surface area contributed by atoms with E-state index in [1.54, 1.807) is 17.2 Å². The van der Waals surface area contributed by atoms with Gasteiger partial charge in [0.1, 0.15) is 12.1 Å². The molecule has 2 aromatic rings. The molecular weight excluding hydrogens is 190 g/mol. The zero-order valence-corrected chi connectivity index (χ0v) is 9.02. The van der Waals surface area contributed by atoms with Crippen molar-refractivity contribution in [3.05, 3.63) is 24.2 Å². The van der Waals surface area contributed by atoms with E-state index >= 15 is 0 Å². The average Bonchev–Trinajstić information content (AvgIpc) is 2.65. The number of hydrogen-bond acceptors (Lipinski definition) is 4. The molecule has 78 valence electrons. The maximum absolute atomic E-state index is 4.28. The summed E-state index contributed by atoms with van der Waals surface area (Å²) in [7, 11) is 3.75. The van der Waals surface area contributed by atoms with Crippen LogP contribution in [-0.4, -0.2) is 26.8 Å². The van der Waals surface area contributed by atoms with E-state index in [-0.39, 0.29) is 0 Å². The minimum absolute atomic E-state index is 0.848. The molecule has 2 rings (SSSR count). The summed E-state index contributed by atoms with van der Waals surface area (Å²) in [6, 6.07) is 1.94. The van der Waals surface area contributed by atoms with Crippen LogP contribution in [0, 0.1) is 6.92 Å². The highest BCUT2D eigenvalue weighted by atomic mass is 15.3. The number of aryl methyl sites for hydroxylation is 1. The first-order valence-corrected chi connectivity index (χ1v) is 4.71. The molecule has 0 aliphatic carbocycles. The molecule has 0 atom stereocenters. The van der Waals surface area contributed by atoms with Gasteiger partial charge in [-0.2, -0.15) is 5.10 Å². The van der Waals surface area contributed by atoms with Gasteiger partial charge in [0.2, 0.25) is 0 Å². The highest BCUT2D eigenvalue weighted by molar-refractivity contribution is 5.64. The Kier molecular flexibility index (Phi) is 2.37. The molecule has 2 heterocycles. The summed E-state index contributed by atoms with van der Waals surface area (Å²) in [5, 5.41) is 7.16. The summed E-state index contributed by atoms with van der Waals surface area (Å²) < 4.78 is 1.80. The fourth-order valence-corrected chi connectivity index (χ4v) is 1.57. The fourth-order valence-electron chi connectivity index (χ4n) is 1.57. The third-order valence-electron chi connectivity index (χ3n) is 2.38. The van der Waals surface area contributed by atoms with Crippen LogP contribution in [0.1, 0.15) is 5.56 Å². The van der Waals surface area contributed by atoms with Gasteiger partial charge in [-0.15, -0.1) is 0 Å². The van der Waals surface area contributed by atoms with Crippen LogP contribution in [0.3, 0.4) is 0 Å². The second-order valence-electron chi connectivity index (χ2n) is 3.29. The van der Waals surface area contributed by atoms with Gasteiger partial charge in [0, 0.05) is 25.9 Å². The smallest absolute Gasteiger partial charge is 0.132 e. The maximum atomic E-state index is 4.28. The van der Waals surface area contributed by atoms with Crippen LogP contribution in [-0.2, 0) is 7.05 Å². The predicted molar refractivity (Wildman–Crippen MR) is 58.5 cm³/mol. The topological polar surface area (TPSA) is 55.6 Å². The standard InChI is InChI=1S/C10H13N5/c1-7-9(8-4-5-14-15(8)3)12-6-13-10(7)11-2/h4-6H,1-3H3,(H,11,12,13). The molecular formula is C10H13N5. The molecule has 0 aromatic carbocycles. The molecule has 0 amide bonds. The van der Waals surface area contributed by atoms with Crippen LogP contribution in [0.15, 0.2) is 18.6 Å². The lowest BCUT2D eigenvalue weighted by atomic mass is 10.2. The number of rotatable bonds is 2. The average molecular weight is 203 g/mol. The molecule has 0 aliphatic heterocycles. The van der Waals surface area contributed by atoms with E-state index in [9.17, 15) is 0 Å². The minimum atomic E-state index is 0.848. The molecule has 0 aliphatic rings. The molecule has 0 radical (unpaired) electrons. The van der Waals surface area contributed by atoms with Gasteiger partial charge in [-0.3, -0.25) is 4.68 Å². The van der Waals surface area contributed by atoms with Gasteiger partial charge in [0.05, 0.1) is 11.4 Å². The molecule has 0 saturated carbocycles. The highest BCUT2D eigenvalue weighted by Gasteiger charge is 2.10. The number of aromatic nitrogens is 4. The molecule has 5 heteroatoms. The summed E-state index contributed by atoms with van der Waals surface area (Å²) in [5.41, 5.74) is 2.93. The van der Waals surface area contributed by atoms with Gasteiger partial charge in [-0.05, 0) is 13.0 Å². The quantitative estimate of drug-likeness (QED) is 0.797. The summed E-state index contributed by atoms with van der Waals surface area (Å²) in [6.45, 7) is 1.99. The first-order chi connectivity index (χ1) is 7.24. The van der Waals surface area contributed by atoms with Crippen LogP contribution >= 0.6 is 0 Å². The Morgan fingerprint density at radius 2 is 2.13 bits per heavy atom. The Balaban J connectivity index is 2.59. The monoisotopic (exact) mass is 203 g/mol. The lowest BCUT2D eigenvalue weighted by Gasteiger charge is -2.08. The lowest BCUT2D eigenvalue weighted by Crippen LogP contribution is -2.02. The van der Waals surface area contributed by atoms with Gasteiger partial charge in [0.25, 0.3) is 0 Å². The van der Waals surface area contributed by atoms with Crippen LogP contribution in [0.5, 0.6) is 0 Å². The zero-order valence-electron chi connectivity index (χ0n) is 9.02. The van der Waals surface area contributed by atoms with Crippen LogP contribution < -0.4 is 5.32 Å². The molecule has 0 bridgehead atoms. The van der Waals surface area contributed by atoms with Gasteiger partial charge >= 0.3 is 0 Å². The Bertz CT molecular complexity index is 474. The predicted octanol–water partition coefficient (Wildman–Crippen LogP) is 1.23. The summed E-state index contributed by atoms with van der Waals surface area (Å²) in [5.74, 6) is 0.848. The van der Waals surface area contributed by atoms with Crippen molar-refractivity contribution in [3.8, 4) is 11.4 Å². The zero-order chi connectivity index (χ0) is 10.8. The summed E-state index contributed by atoms with van der Waals surface area (Å²) in [6.07, 6.45) is 3.32. The van der Waals surface area contributed by atoms with E-state index in [1.165, 1.54) is 0 Å². The fraction of sp³-hybridized carbons (Fsp3) is 0.300. The molecule has 15 heavy (non-hydrogen) atoms. The van der Waals surface area contributed by atoms with E-state index in [0.717, 1.165) is 22.8 Å². The largest absolute Gasteiger partial charge is 0.373 e. The Hall–Kier alpha value is -1.91. The lowest BCUT2D eigenvalue weighted by molar-refractivity contribution is 0.772. The third-order valence-corrected chi connectivity index (χ3v) is 2.38. The molecule has 0 unspecified atom stereocenters. The van der Waals surface area contributed by atoms with Gasteiger partial charge < -0.3 is 5.32 Å². The number of anilines is 1. The van der Waals surface area contributed by atoms with Crippen LogP contribution in [0.2, 0.25) is 0 Å². The van der Waals surface area contributed by atoms with Crippen molar-refractivity contribution in [2.75, 3.05) is 12.4 Å². The van der Waals surface area contributed by atoms with E-state index in [1.807, 2.05) is 27.1 Å². The van der Waals surface area contributed by atoms with Crippen LogP contribution in [0.4, 0.5) is 5.82 Å². The van der Waals surface area contributed by atoms with E-state index < -0.39 is 0 Å². The second-order valence-corrected chi connectivity index (χ2v) is 3.29. The number of nitrogens with one attached hydrogen (secondary N) is 1. The number of nitrogens with zero attached hydrogens (tertiary/aromatic N) is 4. The maximum Gasteiger partial charge on any atom is 0.132 e. The van der Waals surface area contributed by atoms with Crippen molar-refractivity contribution in [2.45, 2.75) is 6.92 Å². The molecule has 0 spiro atoms. The second kappa shape index (κ2) is 3.68. The van der Waals surface area contributed by atoms with Crippen LogP contribution in [0.25, 0.3) is 11.4 Å². The van der Waals surface area contributed by atoms with Crippen molar-refractivity contribution in [2.24, 2.45) is 7.05 Å².